The Morgan fingerprint density at radius 3 is 2.61 bits per heavy atom. The molecule has 2 rings (SSSR count). The predicted octanol–water partition coefficient (Wildman–Crippen LogP) is 2.99. The standard InChI is InChI=1S/C13H14N2O2S/c16-15(17)12-5-3-11(4-6-12)7-8-14-10-13-2-1-9-18-13/h1-6,9,14H,7-8,10H2. The van der Waals surface area contributed by atoms with Crippen LogP contribution in [0.3, 0.4) is 0 Å². The van der Waals surface area contributed by atoms with Crippen LogP contribution in [-0.2, 0) is 13.0 Å². The van der Waals surface area contributed by atoms with Crippen molar-refractivity contribution in [1.29, 1.82) is 0 Å². The van der Waals surface area contributed by atoms with Crippen LogP contribution in [0.4, 0.5) is 5.69 Å². The highest BCUT2D eigenvalue weighted by Gasteiger charge is 2.03. The van der Waals surface area contributed by atoms with Gasteiger partial charge < -0.3 is 5.32 Å². The maximum atomic E-state index is 10.5. The first-order chi connectivity index (χ1) is 8.75. The van der Waals surface area contributed by atoms with Crippen LogP contribution >= 0.6 is 11.3 Å². The highest BCUT2D eigenvalue weighted by atomic mass is 32.1. The molecule has 1 aromatic heterocycles. The molecule has 4 nitrogen and oxygen atoms in total. The zero-order valence-electron chi connectivity index (χ0n) is 9.83. The Morgan fingerprint density at radius 1 is 1.22 bits per heavy atom. The number of nitro benzene ring substituents is 1. The lowest BCUT2D eigenvalue weighted by molar-refractivity contribution is -0.384. The molecule has 5 heteroatoms. The van der Waals surface area contributed by atoms with Gasteiger partial charge in [-0.05, 0) is 30.0 Å². The average molecular weight is 262 g/mol. The van der Waals surface area contributed by atoms with Crippen molar-refractivity contribution in [1.82, 2.24) is 5.32 Å². The Morgan fingerprint density at radius 2 is 2.00 bits per heavy atom. The summed E-state index contributed by atoms with van der Waals surface area (Å²) in [5, 5.41) is 15.9. The van der Waals surface area contributed by atoms with E-state index in [4.69, 9.17) is 0 Å². The first-order valence-electron chi connectivity index (χ1n) is 5.72. The molecule has 18 heavy (non-hydrogen) atoms. The lowest BCUT2D eigenvalue weighted by Crippen LogP contribution is -2.15. The van der Waals surface area contributed by atoms with Crippen molar-refractivity contribution < 1.29 is 4.92 Å². The maximum Gasteiger partial charge on any atom is 0.269 e. The summed E-state index contributed by atoms with van der Waals surface area (Å²) in [5.41, 5.74) is 1.25. The number of rotatable bonds is 6. The van der Waals surface area contributed by atoms with E-state index >= 15 is 0 Å². The molecule has 0 aliphatic heterocycles. The van der Waals surface area contributed by atoms with Crippen molar-refractivity contribution in [3.63, 3.8) is 0 Å². The van der Waals surface area contributed by atoms with Crippen molar-refractivity contribution in [2.24, 2.45) is 0 Å². The van der Waals surface area contributed by atoms with Gasteiger partial charge in [-0.2, -0.15) is 0 Å². The van der Waals surface area contributed by atoms with Crippen molar-refractivity contribution in [2.45, 2.75) is 13.0 Å². The van der Waals surface area contributed by atoms with Crippen LogP contribution in [0.2, 0.25) is 0 Å². The fraction of sp³-hybridized carbons (Fsp3) is 0.231. The monoisotopic (exact) mass is 262 g/mol. The summed E-state index contributed by atoms with van der Waals surface area (Å²) >= 11 is 1.74. The topological polar surface area (TPSA) is 55.2 Å². The number of hydrogen-bond acceptors (Lipinski definition) is 4. The highest BCUT2D eigenvalue weighted by molar-refractivity contribution is 7.09. The van der Waals surface area contributed by atoms with Crippen LogP contribution in [0.1, 0.15) is 10.4 Å². The van der Waals surface area contributed by atoms with E-state index < -0.39 is 0 Å². The van der Waals surface area contributed by atoms with E-state index in [1.165, 1.54) is 4.88 Å². The molecule has 1 heterocycles. The van der Waals surface area contributed by atoms with Gasteiger partial charge in [-0.1, -0.05) is 18.2 Å². The first kappa shape index (κ1) is 12.7. The fourth-order valence-corrected chi connectivity index (χ4v) is 2.32. The zero-order valence-corrected chi connectivity index (χ0v) is 10.7. The molecule has 0 radical (unpaired) electrons. The molecule has 0 saturated carbocycles. The number of nitro groups is 1. The fourth-order valence-electron chi connectivity index (χ4n) is 1.64. The largest absolute Gasteiger partial charge is 0.312 e. The molecule has 0 aliphatic carbocycles. The summed E-state index contributed by atoms with van der Waals surface area (Å²) in [5.74, 6) is 0. The molecule has 0 fully saturated rings. The molecule has 1 aromatic carbocycles. The van der Waals surface area contributed by atoms with E-state index in [1.54, 1.807) is 23.5 Å². The minimum atomic E-state index is -0.376. The Hall–Kier alpha value is -1.72. The van der Waals surface area contributed by atoms with Crippen LogP contribution in [0.5, 0.6) is 0 Å². The molecule has 94 valence electrons. The number of nitrogens with one attached hydrogen (secondary N) is 1. The molecule has 0 atom stereocenters. The van der Waals surface area contributed by atoms with Crippen molar-refractivity contribution >= 4 is 17.0 Å². The summed E-state index contributed by atoms with van der Waals surface area (Å²) in [6, 6.07) is 10.9. The van der Waals surface area contributed by atoms with E-state index in [0.29, 0.717) is 0 Å². The number of thiophene rings is 1. The number of benzene rings is 1. The van der Waals surface area contributed by atoms with Gasteiger partial charge in [-0.25, -0.2) is 0 Å². The van der Waals surface area contributed by atoms with Gasteiger partial charge in [-0.15, -0.1) is 11.3 Å². The van der Waals surface area contributed by atoms with Crippen LogP contribution in [0.25, 0.3) is 0 Å². The van der Waals surface area contributed by atoms with E-state index in [1.807, 2.05) is 18.2 Å². The Bertz CT molecular complexity index is 494. The molecule has 2 aromatic rings. The van der Waals surface area contributed by atoms with Crippen molar-refractivity contribution in [3.05, 3.63) is 62.3 Å². The Balaban J connectivity index is 1.75. The summed E-state index contributed by atoms with van der Waals surface area (Å²) in [6.07, 6.45) is 0.878. The summed E-state index contributed by atoms with van der Waals surface area (Å²) in [7, 11) is 0. The lowest BCUT2D eigenvalue weighted by atomic mass is 10.1. The maximum absolute atomic E-state index is 10.5. The van der Waals surface area contributed by atoms with Gasteiger partial charge in [0.2, 0.25) is 0 Å². The molecule has 0 bridgehead atoms. The third-order valence-corrected chi connectivity index (χ3v) is 3.49. The summed E-state index contributed by atoms with van der Waals surface area (Å²) in [4.78, 5) is 11.4. The smallest absolute Gasteiger partial charge is 0.269 e. The Labute approximate surface area is 109 Å². The second-order valence-corrected chi connectivity index (χ2v) is 4.96. The zero-order chi connectivity index (χ0) is 12.8. The number of hydrogen-bond donors (Lipinski definition) is 1. The van der Waals surface area contributed by atoms with E-state index in [9.17, 15) is 10.1 Å². The Kier molecular flexibility index (Phi) is 4.44. The van der Waals surface area contributed by atoms with Crippen LogP contribution in [0.15, 0.2) is 41.8 Å². The summed E-state index contributed by atoms with van der Waals surface area (Å²) in [6.45, 7) is 1.75. The van der Waals surface area contributed by atoms with Gasteiger partial charge in [0, 0.05) is 23.6 Å². The van der Waals surface area contributed by atoms with E-state index in [0.717, 1.165) is 25.1 Å². The quantitative estimate of drug-likeness (QED) is 0.494. The van der Waals surface area contributed by atoms with Gasteiger partial charge in [-0.3, -0.25) is 10.1 Å². The second kappa shape index (κ2) is 6.28. The minimum absolute atomic E-state index is 0.144. The molecule has 1 N–H and O–H groups in total. The number of nitrogens with zero attached hydrogens (tertiary/aromatic N) is 1. The number of non-ortho nitro benzene ring substituents is 1. The predicted molar refractivity (Wildman–Crippen MR) is 72.8 cm³/mol. The molecule has 0 aliphatic rings. The third kappa shape index (κ3) is 3.65. The molecule has 0 spiro atoms. The minimum Gasteiger partial charge on any atom is -0.312 e. The SMILES string of the molecule is O=[N+]([O-])c1ccc(CCNCc2cccs2)cc1. The molecular weight excluding hydrogens is 248 g/mol. The van der Waals surface area contributed by atoms with Crippen molar-refractivity contribution in [2.75, 3.05) is 6.54 Å². The second-order valence-electron chi connectivity index (χ2n) is 3.93. The molecule has 0 unspecified atom stereocenters. The molecule has 0 amide bonds. The van der Waals surface area contributed by atoms with Crippen LogP contribution in [-0.4, -0.2) is 11.5 Å². The summed E-state index contributed by atoms with van der Waals surface area (Å²) < 4.78 is 0. The molecule has 0 saturated heterocycles. The van der Waals surface area contributed by atoms with Gasteiger partial charge >= 0.3 is 0 Å². The average Bonchev–Trinajstić information content (AvgIpc) is 2.88. The van der Waals surface area contributed by atoms with Gasteiger partial charge in [0.05, 0.1) is 4.92 Å². The van der Waals surface area contributed by atoms with E-state index in [-0.39, 0.29) is 10.6 Å². The van der Waals surface area contributed by atoms with Crippen molar-refractivity contribution in [3.8, 4) is 0 Å². The van der Waals surface area contributed by atoms with Crippen LogP contribution in [0, 0.1) is 10.1 Å². The van der Waals surface area contributed by atoms with E-state index in [2.05, 4.69) is 16.8 Å². The van der Waals surface area contributed by atoms with Crippen LogP contribution < -0.4 is 5.32 Å². The van der Waals surface area contributed by atoms with Gasteiger partial charge in [0.15, 0.2) is 0 Å². The first-order valence-corrected chi connectivity index (χ1v) is 6.60. The molecular formula is C13H14N2O2S. The van der Waals surface area contributed by atoms with Gasteiger partial charge in [0.1, 0.15) is 0 Å². The normalized spacial score (nSPS) is 10.4. The lowest BCUT2D eigenvalue weighted by Gasteiger charge is -2.03. The van der Waals surface area contributed by atoms with Gasteiger partial charge in [0.25, 0.3) is 5.69 Å². The third-order valence-electron chi connectivity index (χ3n) is 2.62. The highest BCUT2D eigenvalue weighted by Crippen LogP contribution is 2.12.